The lowest BCUT2D eigenvalue weighted by molar-refractivity contribution is 0.00140. The summed E-state index contributed by atoms with van der Waals surface area (Å²) in [6.45, 7) is 15.5. The Morgan fingerprint density at radius 3 is 2.52 bits per heavy atom. The van der Waals surface area contributed by atoms with Crippen LogP contribution in [-0.4, -0.2) is 42.3 Å². The molecule has 1 amide bonds. The monoisotopic (exact) mass is 352 g/mol. The van der Waals surface area contributed by atoms with Crippen molar-refractivity contribution in [2.24, 2.45) is 10.8 Å². The van der Waals surface area contributed by atoms with Gasteiger partial charge in [0.15, 0.2) is 0 Å². The summed E-state index contributed by atoms with van der Waals surface area (Å²) in [5, 5.41) is 3.90. The van der Waals surface area contributed by atoms with E-state index in [0.717, 1.165) is 32.5 Å². The molecule has 0 radical (unpaired) electrons. The zero-order chi connectivity index (χ0) is 18.7. The number of amides is 1. The summed E-state index contributed by atoms with van der Waals surface area (Å²) >= 11 is 0. The first-order valence-corrected chi connectivity index (χ1v) is 10.3. The van der Waals surface area contributed by atoms with Gasteiger partial charge in [0.1, 0.15) is 5.60 Å². The maximum absolute atomic E-state index is 12.6. The fourth-order valence-corrected chi connectivity index (χ4v) is 4.70. The highest BCUT2D eigenvalue weighted by atomic mass is 16.6. The Morgan fingerprint density at radius 2 is 1.96 bits per heavy atom. The van der Waals surface area contributed by atoms with Crippen LogP contribution >= 0.6 is 0 Å². The molecule has 4 nitrogen and oxygen atoms in total. The van der Waals surface area contributed by atoms with Gasteiger partial charge in [-0.3, -0.25) is 0 Å². The van der Waals surface area contributed by atoms with E-state index in [0.29, 0.717) is 11.5 Å². The molecule has 0 spiro atoms. The van der Waals surface area contributed by atoms with Gasteiger partial charge < -0.3 is 15.0 Å². The second kappa shape index (κ2) is 7.85. The van der Waals surface area contributed by atoms with E-state index in [9.17, 15) is 4.79 Å². The molecule has 2 unspecified atom stereocenters. The van der Waals surface area contributed by atoms with Gasteiger partial charge in [-0.2, -0.15) is 0 Å². The topological polar surface area (TPSA) is 41.6 Å². The molecular formula is C21H40N2O2. The van der Waals surface area contributed by atoms with Gasteiger partial charge >= 0.3 is 6.09 Å². The smallest absolute Gasteiger partial charge is 0.410 e. The molecule has 1 N–H and O–H groups in total. The maximum atomic E-state index is 12.6. The summed E-state index contributed by atoms with van der Waals surface area (Å²) in [6.07, 6.45) is 8.41. The van der Waals surface area contributed by atoms with E-state index < -0.39 is 5.60 Å². The third-order valence-corrected chi connectivity index (χ3v) is 6.07. The van der Waals surface area contributed by atoms with E-state index in [2.05, 4.69) is 26.1 Å². The number of likely N-dealkylation sites (tertiary alicyclic amines) is 1. The number of ether oxygens (including phenoxy) is 1. The normalized spacial score (nSPS) is 29.7. The van der Waals surface area contributed by atoms with E-state index in [1.54, 1.807) is 0 Å². The zero-order valence-corrected chi connectivity index (χ0v) is 17.4. The third-order valence-electron chi connectivity index (χ3n) is 6.07. The lowest BCUT2D eigenvalue weighted by Gasteiger charge is -2.44. The molecule has 2 rings (SSSR count). The highest BCUT2D eigenvalue weighted by Gasteiger charge is 2.40. The van der Waals surface area contributed by atoms with Gasteiger partial charge in [0.05, 0.1) is 0 Å². The molecule has 0 aromatic heterocycles. The molecule has 2 aliphatic rings. The van der Waals surface area contributed by atoms with E-state index in [-0.39, 0.29) is 11.5 Å². The van der Waals surface area contributed by atoms with Gasteiger partial charge in [0, 0.05) is 31.1 Å². The summed E-state index contributed by atoms with van der Waals surface area (Å²) in [5.41, 5.74) is 0.170. The summed E-state index contributed by atoms with van der Waals surface area (Å²) in [5.74, 6) is 0. The first-order valence-electron chi connectivity index (χ1n) is 10.3. The van der Waals surface area contributed by atoms with E-state index >= 15 is 0 Å². The van der Waals surface area contributed by atoms with Crippen LogP contribution < -0.4 is 5.32 Å². The highest BCUT2D eigenvalue weighted by molar-refractivity contribution is 5.68. The average Bonchev–Trinajstić information content (AvgIpc) is 2.83. The molecule has 1 aliphatic heterocycles. The third kappa shape index (κ3) is 5.60. The SMILES string of the molecule is CCCC1(CNC2CCCC2(C)C)CCCN(C(=O)OC(C)(C)C)C1. The van der Waals surface area contributed by atoms with Crippen LogP contribution in [-0.2, 0) is 4.74 Å². The van der Waals surface area contributed by atoms with Gasteiger partial charge in [-0.1, -0.05) is 33.6 Å². The minimum Gasteiger partial charge on any atom is -0.444 e. The van der Waals surface area contributed by atoms with Gasteiger partial charge in [-0.15, -0.1) is 0 Å². The average molecular weight is 353 g/mol. The summed E-state index contributed by atoms with van der Waals surface area (Å²) in [4.78, 5) is 14.5. The molecular weight excluding hydrogens is 312 g/mol. The van der Waals surface area contributed by atoms with E-state index in [1.807, 2.05) is 25.7 Å². The fraction of sp³-hybridized carbons (Fsp3) is 0.952. The number of carbonyl (C=O) groups excluding carboxylic acids is 1. The molecule has 0 bridgehead atoms. The van der Waals surface area contributed by atoms with Crippen LogP contribution in [0.25, 0.3) is 0 Å². The van der Waals surface area contributed by atoms with Crippen molar-refractivity contribution >= 4 is 6.09 Å². The molecule has 146 valence electrons. The van der Waals surface area contributed by atoms with Crippen LogP contribution in [0, 0.1) is 10.8 Å². The summed E-state index contributed by atoms with van der Waals surface area (Å²) in [7, 11) is 0. The molecule has 25 heavy (non-hydrogen) atoms. The molecule has 2 atom stereocenters. The van der Waals surface area contributed by atoms with Crippen molar-refractivity contribution in [2.45, 2.75) is 98.1 Å². The Labute approximate surface area is 155 Å². The highest BCUT2D eigenvalue weighted by Crippen LogP contribution is 2.39. The van der Waals surface area contributed by atoms with E-state index in [4.69, 9.17) is 4.74 Å². The van der Waals surface area contributed by atoms with Crippen LogP contribution in [0.3, 0.4) is 0 Å². The fourth-order valence-electron chi connectivity index (χ4n) is 4.70. The van der Waals surface area contributed by atoms with Crippen LogP contribution in [0.5, 0.6) is 0 Å². The van der Waals surface area contributed by atoms with Crippen LogP contribution in [0.2, 0.25) is 0 Å². The van der Waals surface area contributed by atoms with Crippen LogP contribution in [0.1, 0.15) is 86.5 Å². The Bertz CT molecular complexity index is 451. The summed E-state index contributed by atoms with van der Waals surface area (Å²) in [6, 6.07) is 0.609. The van der Waals surface area contributed by atoms with Crippen LogP contribution in [0.15, 0.2) is 0 Å². The molecule has 1 aliphatic carbocycles. The zero-order valence-electron chi connectivity index (χ0n) is 17.4. The number of nitrogens with one attached hydrogen (secondary N) is 1. The number of nitrogens with zero attached hydrogens (tertiary/aromatic N) is 1. The largest absolute Gasteiger partial charge is 0.444 e. The Kier molecular flexibility index (Phi) is 6.45. The van der Waals surface area contributed by atoms with Crippen molar-refractivity contribution in [3.8, 4) is 0 Å². The lowest BCUT2D eigenvalue weighted by atomic mass is 9.75. The van der Waals surface area contributed by atoms with Crippen molar-refractivity contribution in [2.75, 3.05) is 19.6 Å². The van der Waals surface area contributed by atoms with Crippen molar-refractivity contribution in [1.82, 2.24) is 10.2 Å². The molecule has 0 aromatic carbocycles. The number of hydrogen-bond acceptors (Lipinski definition) is 3. The van der Waals surface area contributed by atoms with Crippen molar-refractivity contribution in [1.29, 1.82) is 0 Å². The first-order chi connectivity index (χ1) is 11.6. The number of hydrogen-bond donors (Lipinski definition) is 1. The molecule has 2 fully saturated rings. The number of rotatable bonds is 5. The Morgan fingerprint density at radius 1 is 1.24 bits per heavy atom. The molecule has 4 heteroatoms. The summed E-state index contributed by atoms with van der Waals surface area (Å²) < 4.78 is 5.63. The van der Waals surface area contributed by atoms with Crippen molar-refractivity contribution in [3.05, 3.63) is 0 Å². The first kappa shape index (κ1) is 20.5. The second-order valence-electron chi connectivity index (χ2n) is 10.1. The van der Waals surface area contributed by atoms with Gasteiger partial charge in [-0.25, -0.2) is 4.79 Å². The Hall–Kier alpha value is -0.770. The van der Waals surface area contributed by atoms with Gasteiger partial charge in [-0.05, 0) is 58.3 Å². The van der Waals surface area contributed by atoms with Crippen molar-refractivity contribution < 1.29 is 9.53 Å². The number of piperidine rings is 1. The van der Waals surface area contributed by atoms with Gasteiger partial charge in [0.2, 0.25) is 0 Å². The minimum atomic E-state index is -0.423. The minimum absolute atomic E-state index is 0.145. The van der Waals surface area contributed by atoms with Crippen LogP contribution in [0.4, 0.5) is 4.79 Å². The lowest BCUT2D eigenvalue weighted by Crippen LogP contribution is -2.53. The quantitative estimate of drug-likeness (QED) is 0.759. The number of carbonyl (C=O) groups is 1. The maximum Gasteiger partial charge on any atom is 0.410 e. The van der Waals surface area contributed by atoms with Crippen molar-refractivity contribution in [3.63, 3.8) is 0 Å². The molecule has 1 saturated heterocycles. The predicted molar refractivity (Wildman–Crippen MR) is 104 cm³/mol. The molecule has 1 heterocycles. The molecule has 1 saturated carbocycles. The second-order valence-corrected chi connectivity index (χ2v) is 10.1. The predicted octanol–water partition coefficient (Wildman–Crippen LogP) is 4.97. The van der Waals surface area contributed by atoms with E-state index in [1.165, 1.54) is 32.1 Å². The van der Waals surface area contributed by atoms with Gasteiger partial charge in [0.25, 0.3) is 0 Å². The molecule has 0 aromatic rings. The standard InChI is InChI=1S/C21H40N2O2/c1-7-11-21(15-22-17-10-8-12-20(17,5)6)13-9-14-23(16-21)18(24)25-19(2,3)4/h17,22H,7-16H2,1-6H3. The Balaban J connectivity index is 2.01.